The second-order valence-corrected chi connectivity index (χ2v) is 8.96. The fourth-order valence-corrected chi connectivity index (χ4v) is 4.69. The van der Waals surface area contributed by atoms with Gasteiger partial charge in [-0.1, -0.05) is 12.1 Å². The van der Waals surface area contributed by atoms with Crippen molar-refractivity contribution >= 4 is 11.9 Å². The van der Waals surface area contributed by atoms with E-state index in [-0.39, 0.29) is 17.9 Å². The number of aryl methyl sites for hydroxylation is 3. The molecule has 2 aromatic heterocycles. The number of hydrogen-bond acceptors (Lipinski definition) is 5. The summed E-state index contributed by atoms with van der Waals surface area (Å²) in [6, 6.07) is 6.69. The van der Waals surface area contributed by atoms with Crippen LogP contribution in [0.4, 0.5) is 19.1 Å². The van der Waals surface area contributed by atoms with Gasteiger partial charge >= 0.3 is 6.18 Å². The van der Waals surface area contributed by atoms with Crippen LogP contribution in [-0.2, 0) is 17.5 Å². The second kappa shape index (κ2) is 10.1. The van der Waals surface area contributed by atoms with Gasteiger partial charge < -0.3 is 10.6 Å². The quantitative estimate of drug-likeness (QED) is 0.524. The van der Waals surface area contributed by atoms with Crippen LogP contribution in [0.2, 0.25) is 0 Å². The van der Waals surface area contributed by atoms with Crippen LogP contribution in [0.5, 0.6) is 0 Å². The number of amides is 1. The summed E-state index contributed by atoms with van der Waals surface area (Å²) in [6.07, 6.45) is 0.359. The third-order valence-electron chi connectivity index (χ3n) is 6.34. The lowest BCUT2D eigenvalue weighted by Crippen LogP contribution is -2.39. The molecule has 1 unspecified atom stereocenters. The molecule has 3 aromatic rings. The zero-order valence-electron chi connectivity index (χ0n) is 19.8. The van der Waals surface area contributed by atoms with Gasteiger partial charge in [0, 0.05) is 37.0 Å². The maximum absolute atomic E-state index is 13.3. The first kappa shape index (κ1) is 24.7. The lowest BCUT2D eigenvalue weighted by molar-refractivity contribution is -0.137. The van der Waals surface area contributed by atoms with E-state index >= 15 is 0 Å². The lowest BCUT2D eigenvalue weighted by atomic mass is 9.93. The van der Waals surface area contributed by atoms with Gasteiger partial charge in [-0.2, -0.15) is 18.3 Å². The molecule has 1 aromatic carbocycles. The SMILES string of the molecule is Cc1cc(C)n(CCCC(=O)N2CCCCC2c2nc(N)ncc2-c2cccc(C(F)(F)F)c2)n1. The second-order valence-electron chi connectivity index (χ2n) is 8.96. The topological polar surface area (TPSA) is 89.9 Å². The smallest absolute Gasteiger partial charge is 0.368 e. The number of carbonyl (C=O) groups excluding carboxylic acids is 1. The predicted octanol–water partition coefficient (Wildman–Crippen LogP) is 5.09. The van der Waals surface area contributed by atoms with Gasteiger partial charge in [0.15, 0.2) is 0 Å². The average molecular weight is 487 g/mol. The third kappa shape index (κ3) is 5.63. The Morgan fingerprint density at radius 3 is 2.71 bits per heavy atom. The third-order valence-corrected chi connectivity index (χ3v) is 6.34. The van der Waals surface area contributed by atoms with E-state index in [1.165, 1.54) is 12.3 Å². The van der Waals surface area contributed by atoms with Crippen LogP contribution in [-0.4, -0.2) is 37.1 Å². The Hall–Kier alpha value is -3.43. The molecule has 1 aliphatic rings. The number of nitrogens with zero attached hydrogens (tertiary/aromatic N) is 5. The van der Waals surface area contributed by atoms with E-state index in [0.717, 1.165) is 36.4 Å². The Bertz CT molecular complexity index is 1210. The molecule has 1 fully saturated rings. The van der Waals surface area contributed by atoms with Crippen LogP contribution in [0, 0.1) is 13.8 Å². The Labute approximate surface area is 202 Å². The van der Waals surface area contributed by atoms with Crippen molar-refractivity contribution in [2.24, 2.45) is 0 Å². The average Bonchev–Trinajstić information content (AvgIpc) is 3.15. The summed E-state index contributed by atoms with van der Waals surface area (Å²) in [5.41, 5.74) is 8.40. The zero-order chi connectivity index (χ0) is 25.2. The predicted molar refractivity (Wildman–Crippen MR) is 126 cm³/mol. The minimum atomic E-state index is -4.47. The Kier molecular flexibility index (Phi) is 7.09. The van der Waals surface area contributed by atoms with E-state index in [0.29, 0.717) is 49.2 Å². The van der Waals surface area contributed by atoms with Crippen molar-refractivity contribution in [2.75, 3.05) is 12.3 Å². The number of hydrogen-bond donors (Lipinski definition) is 1. The maximum Gasteiger partial charge on any atom is 0.416 e. The van der Waals surface area contributed by atoms with Crippen LogP contribution in [0.25, 0.3) is 11.1 Å². The van der Waals surface area contributed by atoms with Crippen LogP contribution < -0.4 is 5.73 Å². The van der Waals surface area contributed by atoms with Crippen molar-refractivity contribution in [1.29, 1.82) is 0 Å². The molecule has 2 N–H and O–H groups in total. The molecule has 0 radical (unpaired) electrons. The number of likely N-dealkylation sites (tertiary alicyclic amines) is 1. The van der Waals surface area contributed by atoms with E-state index < -0.39 is 11.7 Å². The normalized spacial score (nSPS) is 16.5. The van der Waals surface area contributed by atoms with Gasteiger partial charge in [0.25, 0.3) is 0 Å². The van der Waals surface area contributed by atoms with Gasteiger partial charge in [0.1, 0.15) is 0 Å². The standard InChI is InChI=1S/C25H29F3N6O/c1-16-13-17(2)34(32-16)12-6-10-22(35)33-11-4-3-9-21(33)23-20(15-30-24(29)31-23)18-7-5-8-19(14-18)25(26,27)28/h5,7-8,13-15,21H,3-4,6,9-12H2,1-2H3,(H2,29,30,31). The first-order valence-corrected chi connectivity index (χ1v) is 11.7. The number of carbonyl (C=O) groups is 1. The van der Waals surface area contributed by atoms with Crippen LogP contribution in [0.15, 0.2) is 36.5 Å². The number of alkyl halides is 3. The number of nitrogens with two attached hydrogens (primary N) is 1. The van der Waals surface area contributed by atoms with Gasteiger partial charge in [-0.25, -0.2) is 9.97 Å². The summed E-state index contributed by atoms with van der Waals surface area (Å²) in [5, 5.41) is 4.44. The van der Waals surface area contributed by atoms with Gasteiger partial charge in [0.2, 0.25) is 11.9 Å². The molecule has 1 atom stereocenters. The fourth-order valence-electron chi connectivity index (χ4n) is 4.69. The van der Waals surface area contributed by atoms with Crippen LogP contribution in [0.3, 0.4) is 0 Å². The molecule has 7 nitrogen and oxygen atoms in total. The minimum Gasteiger partial charge on any atom is -0.368 e. The number of nitrogen functional groups attached to an aromatic ring is 1. The number of piperidine rings is 1. The van der Waals surface area contributed by atoms with Crippen molar-refractivity contribution < 1.29 is 18.0 Å². The molecule has 186 valence electrons. The number of benzene rings is 1. The summed E-state index contributed by atoms with van der Waals surface area (Å²) >= 11 is 0. The first-order valence-electron chi connectivity index (χ1n) is 11.7. The molecule has 4 rings (SSSR count). The number of aromatic nitrogens is 4. The first-order chi connectivity index (χ1) is 16.6. The molecular formula is C25H29F3N6O. The molecule has 35 heavy (non-hydrogen) atoms. The molecule has 0 aliphatic carbocycles. The zero-order valence-corrected chi connectivity index (χ0v) is 19.8. The van der Waals surface area contributed by atoms with E-state index in [2.05, 4.69) is 15.1 Å². The summed E-state index contributed by atoms with van der Waals surface area (Å²) in [5.74, 6) is 0.0154. The Morgan fingerprint density at radius 1 is 1.20 bits per heavy atom. The lowest BCUT2D eigenvalue weighted by Gasteiger charge is -2.36. The number of anilines is 1. The molecule has 0 spiro atoms. The van der Waals surface area contributed by atoms with Gasteiger partial charge in [0.05, 0.1) is 23.0 Å². The van der Waals surface area contributed by atoms with Crippen molar-refractivity contribution in [2.45, 2.75) is 64.7 Å². The molecule has 10 heteroatoms. The van der Waals surface area contributed by atoms with E-state index in [1.807, 2.05) is 24.6 Å². The molecule has 3 heterocycles. The van der Waals surface area contributed by atoms with Gasteiger partial charge in [-0.3, -0.25) is 9.48 Å². The van der Waals surface area contributed by atoms with Crippen molar-refractivity contribution in [1.82, 2.24) is 24.6 Å². The highest BCUT2D eigenvalue weighted by Gasteiger charge is 2.33. The van der Waals surface area contributed by atoms with E-state index in [1.54, 1.807) is 11.0 Å². The van der Waals surface area contributed by atoms with Crippen molar-refractivity contribution in [3.05, 3.63) is 59.2 Å². The van der Waals surface area contributed by atoms with Crippen LogP contribution in [0.1, 0.15) is 60.8 Å². The Balaban J connectivity index is 1.58. The minimum absolute atomic E-state index is 0.0107. The monoisotopic (exact) mass is 486 g/mol. The summed E-state index contributed by atoms with van der Waals surface area (Å²) in [6.45, 7) is 5.12. The summed E-state index contributed by atoms with van der Waals surface area (Å²) in [7, 11) is 0. The highest BCUT2D eigenvalue weighted by Crippen LogP contribution is 2.38. The maximum atomic E-state index is 13.3. The van der Waals surface area contributed by atoms with Gasteiger partial charge in [-0.05, 0) is 63.3 Å². The number of rotatable bonds is 6. The molecule has 1 aliphatic heterocycles. The summed E-state index contributed by atoms with van der Waals surface area (Å²) in [4.78, 5) is 23.5. The number of halogens is 3. The molecule has 1 saturated heterocycles. The molecular weight excluding hydrogens is 457 g/mol. The van der Waals surface area contributed by atoms with Gasteiger partial charge in [-0.15, -0.1) is 0 Å². The highest BCUT2D eigenvalue weighted by molar-refractivity contribution is 5.77. The van der Waals surface area contributed by atoms with Crippen LogP contribution >= 0.6 is 0 Å². The van der Waals surface area contributed by atoms with E-state index in [9.17, 15) is 18.0 Å². The molecule has 0 bridgehead atoms. The van der Waals surface area contributed by atoms with Crippen molar-refractivity contribution in [3.8, 4) is 11.1 Å². The molecule has 0 saturated carbocycles. The van der Waals surface area contributed by atoms with E-state index in [4.69, 9.17) is 5.73 Å². The highest BCUT2D eigenvalue weighted by atomic mass is 19.4. The summed E-state index contributed by atoms with van der Waals surface area (Å²) < 4.78 is 41.9. The Morgan fingerprint density at radius 2 is 2.00 bits per heavy atom. The largest absolute Gasteiger partial charge is 0.416 e. The molecule has 1 amide bonds. The fraction of sp³-hybridized carbons (Fsp3) is 0.440. The van der Waals surface area contributed by atoms with Crippen molar-refractivity contribution in [3.63, 3.8) is 0 Å².